The van der Waals surface area contributed by atoms with Crippen LogP contribution in [-0.4, -0.2) is 50.6 Å². The lowest BCUT2D eigenvalue weighted by molar-refractivity contribution is -0.253. The van der Waals surface area contributed by atoms with E-state index in [0.717, 1.165) is 22.3 Å². The number of ether oxygens (including phenoxy) is 2. The minimum absolute atomic E-state index is 0.0340. The van der Waals surface area contributed by atoms with Gasteiger partial charge in [-0.25, -0.2) is 0 Å². The Morgan fingerprint density at radius 2 is 1.62 bits per heavy atom. The summed E-state index contributed by atoms with van der Waals surface area (Å²) in [6.45, 7) is 2.52. The third-order valence-corrected chi connectivity index (χ3v) is 7.61. The predicted octanol–water partition coefficient (Wildman–Crippen LogP) is 6.09. The zero-order valence-electron chi connectivity index (χ0n) is 22.2. The molecule has 0 aromatic heterocycles. The molecule has 10 heteroatoms. The first-order valence-electron chi connectivity index (χ1n) is 13.0. The molecule has 3 aromatic carbocycles. The summed E-state index contributed by atoms with van der Waals surface area (Å²) in [5.41, 5.74) is 3.87. The number of halogens is 3. The van der Waals surface area contributed by atoms with Crippen molar-refractivity contribution in [3.05, 3.63) is 101 Å². The van der Waals surface area contributed by atoms with E-state index in [2.05, 4.69) is 10.2 Å². The average molecular weight is 608 g/mol. The van der Waals surface area contributed by atoms with Gasteiger partial charge in [0.15, 0.2) is 6.29 Å². The van der Waals surface area contributed by atoms with Crippen LogP contribution in [0, 0.1) is 0 Å². The van der Waals surface area contributed by atoms with Gasteiger partial charge in [-0.1, -0.05) is 102 Å². The molecular formula is C30H33Cl3N2O5. The van der Waals surface area contributed by atoms with E-state index in [4.69, 9.17) is 44.3 Å². The number of likely N-dealkylation sites (N-methyl/N-ethyl adjacent to an activating group) is 1. The van der Waals surface area contributed by atoms with Crippen molar-refractivity contribution in [2.24, 2.45) is 0 Å². The van der Waals surface area contributed by atoms with Gasteiger partial charge in [-0.2, -0.15) is 0 Å². The molecule has 1 saturated heterocycles. The van der Waals surface area contributed by atoms with E-state index in [0.29, 0.717) is 18.7 Å². The molecule has 0 bridgehead atoms. The molecule has 4 rings (SSSR count). The van der Waals surface area contributed by atoms with Crippen LogP contribution in [0.3, 0.4) is 0 Å². The average Bonchev–Trinajstić information content (AvgIpc) is 2.96. The lowest BCUT2D eigenvalue weighted by Crippen LogP contribution is -2.43. The molecule has 1 amide bonds. The monoisotopic (exact) mass is 606 g/mol. The smallest absolute Gasteiger partial charge is 0.276 e. The van der Waals surface area contributed by atoms with Gasteiger partial charge in [-0.15, -0.1) is 0 Å². The normalized spacial score (nSPS) is 21.1. The minimum Gasteiger partial charge on any atom is -0.392 e. The fourth-order valence-corrected chi connectivity index (χ4v) is 4.76. The van der Waals surface area contributed by atoms with E-state index in [-0.39, 0.29) is 24.9 Å². The number of aliphatic hydroxyl groups is 2. The lowest BCUT2D eigenvalue weighted by Gasteiger charge is -2.39. The Labute approximate surface area is 249 Å². The highest BCUT2D eigenvalue weighted by atomic mass is 35.6. The van der Waals surface area contributed by atoms with Crippen molar-refractivity contribution in [1.29, 1.82) is 0 Å². The molecule has 5 atom stereocenters. The molecule has 3 aromatic rings. The van der Waals surface area contributed by atoms with Crippen LogP contribution in [0.2, 0.25) is 0 Å². The fourth-order valence-electron chi connectivity index (χ4n) is 4.62. The van der Waals surface area contributed by atoms with Gasteiger partial charge in [-0.05, 0) is 42.8 Å². The Bertz CT molecular complexity index is 1240. The van der Waals surface area contributed by atoms with Gasteiger partial charge >= 0.3 is 0 Å². The third kappa shape index (κ3) is 7.96. The number of rotatable bonds is 9. The molecule has 7 nitrogen and oxygen atoms in total. The molecule has 0 saturated carbocycles. The topological polar surface area (TPSA) is 91.3 Å². The number of carbonyl (C=O) groups is 1. The zero-order valence-corrected chi connectivity index (χ0v) is 24.5. The van der Waals surface area contributed by atoms with Crippen LogP contribution < -0.4 is 5.32 Å². The number of hydrogen-bond acceptors (Lipinski definition) is 6. The standard InChI is InChI=1S/C30H33Cl3N2O5/c1-19(27(37)22-6-4-3-5-7-22)35(2)17-25-16-26(21-10-8-20(18-36)9-11-21)40-28(39-25)23-12-14-24(15-13-23)34-29(38)30(31,32)33/h3-15,19,25-28,36-37H,16-18H2,1-2H3,(H,34,38)/t19-,25-,26+,27-,28+/m0/s1. The van der Waals surface area contributed by atoms with Gasteiger partial charge in [0, 0.05) is 30.3 Å². The third-order valence-electron chi connectivity index (χ3n) is 7.10. The first-order chi connectivity index (χ1) is 19.0. The first-order valence-corrected chi connectivity index (χ1v) is 14.1. The van der Waals surface area contributed by atoms with E-state index in [9.17, 15) is 15.0 Å². The molecule has 0 aliphatic carbocycles. The van der Waals surface area contributed by atoms with Crippen LogP contribution in [0.1, 0.15) is 54.1 Å². The summed E-state index contributed by atoms with van der Waals surface area (Å²) >= 11 is 17.0. The van der Waals surface area contributed by atoms with Crippen molar-refractivity contribution in [2.45, 2.75) is 54.4 Å². The number of nitrogens with zero attached hydrogens (tertiary/aromatic N) is 1. The maximum atomic E-state index is 12.0. The van der Waals surface area contributed by atoms with Crippen LogP contribution in [0.15, 0.2) is 78.9 Å². The van der Waals surface area contributed by atoms with E-state index >= 15 is 0 Å². The Morgan fingerprint density at radius 3 is 2.23 bits per heavy atom. The second kappa shape index (κ2) is 13.6. The summed E-state index contributed by atoms with van der Waals surface area (Å²) in [5, 5.41) is 23.0. The van der Waals surface area contributed by atoms with Gasteiger partial charge in [0.2, 0.25) is 0 Å². The molecular weight excluding hydrogens is 575 g/mol. The molecule has 1 aliphatic heterocycles. The molecule has 1 fully saturated rings. The Hall–Kier alpha value is -2.20. The highest BCUT2D eigenvalue weighted by molar-refractivity contribution is 6.76. The van der Waals surface area contributed by atoms with Crippen molar-refractivity contribution in [1.82, 2.24) is 4.90 Å². The molecule has 3 N–H and O–H groups in total. The summed E-state index contributed by atoms with van der Waals surface area (Å²) in [6.07, 6.45) is -1.20. The minimum atomic E-state index is -2.07. The van der Waals surface area contributed by atoms with Gasteiger partial charge in [0.05, 0.1) is 24.9 Å². The fraction of sp³-hybridized carbons (Fsp3) is 0.367. The molecule has 0 radical (unpaired) electrons. The predicted molar refractivity (Wildman–Crippen MR) is 157 cm³/mol. The molecule has 214 valence electrons. The number of nitrogens with one attached hydrogen (secondary N) is 1. The highest BCUT2D eigenvalue weighted by Crippen LogP contribution is 2.39. The number of aliphatic hydroxyl groups excluding tert-OH is 2. The number of amides is 1. The van der Waals surface area contributed by atoms with Gasteiger partial charge < -0.3 is 25.0 Å². The molecule has 0 spiro atoms. The SMILES string of the molecule is C[C@@H]([C@H](O)c1ccccc1)N(C)C[C@@H]1C[C@H](c2ccc(CO)cc2)O[C@H](c2ccc(NC(=O)C(Cl)(Cl)Cl)cc2)O1. The van der Waals surface area contributed by atoms with Crippen molar-refractivity contribution in [3.63, 3.8) is 0 Å². The van der Waals surface area contributed by atoms with Gasteiger partial charge in [0.1, 0.15) is 0 Å². The summed E-state index contributed by atoms with van der Waals surface area (Å²) in [5.74, 6) is -0.753. The number of benzene rings is 3. The number of hydrogen-bond donors (Lipinski definition) is 3. The summed E-state index contributed by atoms with van der Waals surface area (Å²) in [4.78, 5) is 14.1. The zero-order chi connectivity index (χ0) is 28.9. The van der Waals surface area contributed by atoms with Gasteiger partial charge in [0.25, 0.3) is 9.70 Å². The van der Waals surface area contributed by atoms with Crippen molar-refractivity contribution in [3.8, 4) is 0 Å². The van der Waals surface area contributed by atoms with Crippen LogP contribution in [0.5, 0.6) is 0 Å². The number of anilines is 1. The van der Waals surface area contributed by atoms with Crippen LogP contribution in [-0.2, 0) is 20.9 Å². The molecule has 1 aliphatic rings. The van der Waals surface area contributed by atoms with E-state index in [1.807, 2.05) is 68.6 Å². The van der Waals surface area contributed by atoms with E-state index in [1.165, 1.54) is 0 Å². The van der Waals surface area contributed by atoms with Gasteiger partial charge in [-0.3, -0.25) is 9.69 Å². The second-order valence-electron chi connectivity index (χ2n) is 9.96. The quantitative estimate of drug-likeness (QED) is 0.255. The summed E-state index contributed by atoms with van der Waals surface area (Å²) in [7, 11) is 1.97. The van der Waals surface area contributed by atoms with Crippen LogP contribution >= 0.6 is 34.8 Å². The van der Waals surface area contributed by atoms with Crippen molar-refractivity contribution in [2.75, 3.05) is 18.9 Å². The second-order valence-corrected chi connectivity index (χ2v) is 12.2. The van der Waals surface area contributed by atoms with E-state index < -0.39 is 22.1 Å². The lowest BCUT2D eigenvalue weighted by atomic mass is 9.98. The Morgan fingerprint density at radius 1 is 1.00 bits per heavy atom. The molecule has 40 heavy (non-hydrogen) atoms. The largest absolute Gasteiger partial charge is 0.392 e. The van der Waals surface area contributed by atoms with Crippen molar-refractivity contribution >= 4 is 46.4 Å². The number of carbonyl (C=O) groups excluding carboxylic acids is 1. The highest BCUT2D eigenvalue weighted by Gasteiger charge is 2.34. The van der Waals surface area contributed by atoms with Crippen LogP contribution in [0.25, 0.3) is 0 Å². The Balaban J connectivity index is 1.51. The molecule has 0 unspecified atom stereocenters. The summed E-state index contributed by atoms with van der Waals surface area (Å²) < 4.78 is 10.7. The molecule has 1 heterocycles. The van der Waals surface area contributed by atoms with Crippen LogP contribution in [0.4, 0.5) is 5.69 Å². The van der Waals surface area contributed by atoms with Crippen molar-refractivity contribution < 1.29 is 24.5 Å². The summed E-state index contributed by atoms with van der Waals surface area (Å²) in [6, 6.07) is 24.1. The Kier molecular flexibility index (Phi) is 10.5. The number of alkyl halides is 3. The maximum absolute atomic E-state index is 12.0. The van der Waals surface area contributed by atoms with E-state index in [1.54, 1.807) is 24.3 Å². The maximum Gasteiger partial charge on any atom is 0.276 e. The first kappa shape index (κ1) is 30.8.